The summed E-state index contributed by atoms with van der Waals surface area (Å²) in [6, 6.07) is 9.04. The third-order valence-corrected chi connectivity index (χ3v) is 6.17. The molecule has 1 aliphatic heterocycles. The van der Waals surface area contributed by atoms with Crippen molar-refractivity contribution in [2.24, 2.45) is 0 Å². The number of aromatic amines is 1. The number of fused-ring (bicyclic) bond motifs is 1. The van der Waals surface area contributed by atoms with Gasteiger partial charge in [-0.15, -0.1) is 0 Å². The fraction of sp³-hybridized carbons (Fsp3) is 0.407. The lowest BCUT2D eigenvalue weighted by molar-refractivity contribution is 0.0732. The zero-order valence-corrected chi connectivity index (χ0v) is 20.7. The first-order valence-electron chi connectivity index (χ1n) is 12.1. The third-order valence-electron chi connectivity index (χ3n) is 6.17. The van der Waals surface area contributed by atoms with Crippen LogP contribution in [0.2, 0.25) is 0 Å². The van der Waals surface area contributed by atoms with Crippen LogP contribution in [0.15, 0.2) is 30.3 Å². The van der Waals surface area contributed by atoms with Gasteiger partial charge >= 0.3 is 0 Å². The number of aryl methyl sites for hydroxylation is 2. The molecule has 1 unspecified atom stereocenters. The number of phenols is 1. The number of aromatic hydroxyl groups is 1. The van der Waals surface area contributed by atoms with E-state index in [-0.39, 0.29) is 18.3 Å². The van der Waals surface area contributed by atoms with Crippen LogP contribution in [0.5, 0.6) is 17.2 Å². The van der Waals surface area contributed by atoms with Gasteiger partial charge in [0.2, 0.25) is 0 Å². The van der Waals surface area contributed by atoms with Gasteiger partial charge in [-0.3, -0.25) is 9.89 Å². The van der Waals surface area contributed by atoms with E-state index in [9.17, 15) is 15.0 Å². The van der Waals surface area contributed by atoms with Gasteiger partial charge in [0.25, 0.3) is 5.91 Å². The molecule has 1 amide bonds. The first-order chi connectivity index (χ1) is 16.9. The first-order valence-corrected chi connectivity index (χ1v) is 12.1. The van der Waals surface area contributed by atoms with Gasteiger partial charge in [0.1, 0.15) is 17.1 Å². The summed E-state index contributed by atoms with van der Waals surface area (Å²) in [6.07, 6.45) is 1.32. The van der Waals surface area contributed by atoms with Crippen molar-refractivity contribution >= 4 is 5.91 Å². The molecule has 0 bridgehead atoms. The van der Waals surface area contributed by atoms with E-state index in [2.05, 4.69) is 10.2 Å². The van der Waals surface area contributed by atoms with E-state index >= 15 is 0 Å². The molecule has 3 aromatic rings. The van der Waals surface area contributed by atoms with Crippen LogP contribution in [0.1, 0.15) is 65.5 Å². The van der Waals surface area contributed by atoms with Gasteiger partial charge in [-0.25, -0.2) is 0 Å². The van der Waals surface area contributed by atoms with E-state index < -0.39 is 6.04 Å². The van der Waals surface area contributed by atoms with Crippen molar-refractivity contribution < 1.29 is 24.5 Å². The van der Waals surface area contributed by atoms with E-state index in [1.54, 1.807) is 4.90 Å². The summed E-state index contributed by atoms with van der Waals surface area (Å²) in [5.74, 6) is 1.22. The maximum atomic E-state index is 13.4. The van der Waals surface area contributed by atoms with Gasteiger partial charge in [0.05, 0.1) is 19.3 Å². The Morgan fingerprint density at radius 3 is 2.63 bits per heavy atom. The van der Waals surface area contributed by atoms with Gasteiger partial charge in [0, 0.05) is 24.3 Å². The summed E-state index contributed by atoms with van der Waals surface area (Å²) in [5, 5.41) is 27.7. The molecule has 4 rings (SSSR count). The summed E-state index contributed by atoms with van der Waals surface area (Å²) >= 11 is 0. The van der Waals surface area contributed by atoms with Crippen LogP contribution in [-0.2, 0) is 0 Å². The molecule has 0 saturated heterocycles. The van der Waals surface area contributed by atoms with Crippen molar-refractivity contribution in [2.45, 2.75) is 46.6 Å². The van der Waals surface area contributed by atoms with E-state index in [1.807, 2.05) is 58.0 Å². The van der Waals surface area contributed by atoms with Gasteiger partial charge < -0.3 is 24.6 Å². The molecule has 1 aromatic heterocycles. The van der Waals surface area contributed by atoms with E-state index in [4.69, 9.17) is 9.47 Å². The highest BCUT2D eigenvalue weighted by atomic mass is 16.5. The van der Waals surface area contributed by atoms with E-state index in [1.165, 1.54) is 0 Å². The highest BCUT2D eigenvalue weighted by molar-refractivity contribution is 6.00. The van der Waals surface area contributed by atoms with Crippen LogP contribution in [0.3, 0.4) is 0 Å². The van der Waals surface area contributed by atoms with Crippen molar-refractivity contribution in [3.05, 3.63) is 58.3 Å². The Morgan fingerprint density at radius 2 is 1.91 bits per heavy atom. The average molecular weight is 480 g/mol. The van der Waals surface area contributed by atoms with Crippen LogP contribution >= 0.6 is 0 Å². The van der Waals surface area contributed by atoms with Gasteiger partial charge in [-0.1, -0.05) is 19.1 Å². The molecule has 3 N–H and O–H groups in total. The smallest absolute Gasteiger partial charge is 0.273 e. The summed E-state index contributed by atoms with van der Waals surface area (Å²) in [7, 11) is 0. The second-order valence-electron chi connectivity index (χ2n) is 8.80. The molecule has 35 heavy (non-hydrogen) atoms. The number of carbonyl (C=O) groups excluding carboxylic acids is 1. The molecule has 2 heterocycles. The Balaban J connectivity index is 1.88. The summed E-state index contributed by atoms with van der Waals surface area (Å²) in [4.78, 5) is 15.2. The lowest BCUT2D eigenvalue weighted by Gasteiger charge is -2.27. The molecule has 0 radical (unpaired) electrons. The van der Waals surface area contributed by atoms with Crippen LogP contribution < -0.4 is 9.47 Å². The molecule has 8 nitrogen and oxygen atoms in total. The number of hydrogen-bond donors (Lipinski definition) is 3. The zero-order chi connectivity index (χ0) is 25.1. The van der Waals surface area contributed by atoms with Crippen LogP contribution in [0, 0.1) is 13.8 Å². The molecular formula is C27H33N3O5. The van der Waals surface area contributed by atoms with E-state index in [0.29, 0.717) is 60.2 Å². The number of rotatable bonds is 10. The number of phenolic OH excluding ortho intramolecular Hbond substituents is 1. The standard InChI is InChI=1S/C27H33N3O5/c1-5-12-35-20-9-8-18(15-21(20)34-6-2)25-22-23(19-14-16(3)13-17(4)26(19)32)28-29-24(22)27(33)30(25)10-7-11-31/h8-9,13-15,25,31-32H,5-7,10-12H2,1-4H3,(H,28,29). The Bertz CT molecular complexity index is 1220. The monoisotopic (exact) mass is 479 g/mol. The highest BCUT2D eigenvalue weighted by Crippen LogP contribution is 2.46. The number of benzene rings is 2. The van der Waals surface area contributed by atoms with Crippen molar-refractivity contribution in [1.82, 2.24) is 15.1 Å². The van der Waals surface area contributed by atoms with Crippen molar-refractivity contribution in [3.63, 3.8) is 0 Å². The number of aromatic nitrogens is 2. The fourth-order valence-electron chi connectivity index (χ4n) is 4.66. The van der Waals surface area contributed by atoms with Crippen LogP contribution in [-0.4, -0.2) is 57.6 Å². The first kappa shape index (κ1) is 24.6. The quantitative estimate of drug-likeness (QED) is 0.395. The molecule has 8 heteroatoms. The Morgan fingerprint density at radius 1 is 1.11 bits per heavy atom. The van der Waals surface area contributed by atoms with Gasteiger partial charge in [0.15, 0.2) is 11.5 Å². The summed E-state index contributed by atoms with van der Waals surface area (Å²) in [5.41, 5.74) is 4.79. The van der Waals surface area contributed by atoms with Crippen LogP contribution in [0.25, 0.3) is 11.3 Å². The second-order valence-corrected chi connectivity index (χ2v) is 8.80. The lowest BCUT2D eigenvalue weighted by Crippen LogP contribution is -2.31. The molecule has 2 aromatic carbocycles. The minimum Gasteiger partial charge on any atom is -0.507 e. The Labute approximate surface area is 205 Å². The minimum atomic E-state index is -0.461. The van der Waals surface area contributed by atoms with E-state index in [0.717, 1.165) is 23.1 Å². The summed E-state index contributed by atoms with van der Waals surface area (Å²) < 4.78 is 11.7. The fourth-order valence-corrected chi connectivity index (χ4v) is 4.66. The van der Waals surface area contributed by atoms with Crippen LogP contribution in [0.4, 0.5) is 0 Å². The number of aliphatic hydroxyl groups excluding tert-OH is 1. The third kappa shape index (κ3) is 4.58. The number of hydrogen-bond acceptors (Lipinski definition) is 6. The number of nitrogens with zero attached hydrogens (tertiary/aromatic N) is 2. The number of aliphatic hydroxyl groups is 1. The maximum Gasteiger partial charge on any atom is 0.273 e. The zero-order valence-electron chi connectivity index (χ0n) is 20.7. The molecule has 0 saturated carbocycles. The second kappa shape index (κ2) is 10.4. The number of carbonyl (C=O) groups is 1. The minimum absolute atomic E-state index is 0.0264. The molecule has 1 atom stereocenters. The number of amides is 1. The topological polar surface area (TPSA) is 108 Å². The molecule has 0 spiro atoms. The molecular weight excluding hydrogens is 446 g/mol. The Hall–Kier alpha value is -3.52. The Kier molecular flexibility index (Phi) is 7.31. The SMILES string of the molecule is CCCOc1ccc(C2c3c(-c4cc(C)cc(C)c4O)n[nH]c3C(=O)N2CCCO)cc1OCC. The van der Waals surface area contributed by atoms with Gasteiger partial charge in [-0.2, -0.15) is 5.10 Å². The highest BCUT2D eigenvalue weighted by Gasteiger charge is 2.42. The van der Waals surface area contributed by atoms with Crippen molar-refractivity contribution in [2.75, 3.05) is 26.4 Å². The molecule has 1 aliphatic rings. The molecule has 186 valence electrons. The van der Waals surface area contributed by atoms with Crippen molar-refractivity contribution in [3.8, 4) is 28.5 Å². The summed E-state index contributed by atoms with van der Waals surface area (Å²) in [6.45, 7) is 9.16. The molecule has 0 fully saturated rings. The van der Waals surface area contributed by atoms with Gasteiger partial charge in [-0.05, 0) is 68.5 Å². The largest absolute Gasteiger partial charge is 0.507 e. The predicted octanol–water partition coefficient (Wildman–Crippen LogP) is 4.51. The van der Waals surface area contributed by atoms with Crippen molar-refractivity contribution in [1.29, 1.82) is 0 Å². The number of nitrogens with one attached hydrogen (secondary N) is 1. The average Bonchev–Trinajstić information content (AvgIpc) is 3.38. The number of ether oxygens (including phenoxy) is 2. The number of H-pyrrole nitrogens is 1. The predicted molar refractivity (Wildman–Crippen MR) is 133 cm³/mol. The maximum absolute atomic E-state index is 13.4. The molecule has 0 aliphatic carbocycles. The lowest BCUT2D eigenvalue weighted by atomic mass is 9.94. The normalized spacial score (nSPS) is 14.9.